The largest absolute Gasteiger partial charge is 0.441 e. The number of carbonyl (C=O) groups excluding carboxylic acids is 1. The zero-order chi connectivity index (χ0) is 9.73. The zero-order valence-corrected chi connectivity index (χ0v) is 8.56. The molecule has 13 heavy (non-hydrogen) atoms. The third-order valence-electron chi connectivity index (χ3n) is 2.50. The maximum atomic E-state index is 10.8. The number of nitrogens with one attached hydrogen (secondary N) is 1. The van der Waals surface area contributed by atoms with Crippen molar-refractivity contribution in [3.05, 3.63) is 0 Å². The summed E-state index contributed by atoms with van der Waals surface area (Å²) in [7, 11) is 0. The van der Waals surface area contributed by atoms with E-state index in [9.17, 15) is 4.79 Å². The summed E-state index contributed by atoms with van der Waals surface area (Å²) < 4.78 is 5.18. The smallest absolute Gasteiger partial charge is 0.407 e. The number of amides is 1. The van der Waals surface area contributed by atoms with Gasteiger partial charge in [0.1, 0.15) is 5.60 Å². The van der Waals surface area contributed by atoms with Crippen LogP contribution >= 0.6 is 0 Å². The Morgan fingerprint density at radius 2 is 2.23 bits per heavy atom. The van der Waals surface area contributed by atoms with Crippen molar-refractivity contribution in [2.45, 2.75) is 51.6 Å². The molecule has 1 rings (SSSR count). The Labute approximate surface area is 79.8 Å². The summed E-state index contributed by atoms with van der Waals surface area (Å²) in [6.07, 6.45) is 5.62. The highest BCUT2D eigenvalue weighted by Crippen LogP contribution is 2.22. The quantitative estimate of drug-likeness (QED) is 0.668. The SMILES string of the molecule is CCCCCCC1(C)CNC(=O)O1. The van der Waals surface area contributed by atoms with Crippen molar-refractivity contribution >= 4 is 6.09 Å². The number of hydrogen-bond acceptors (Lipinski definition) is 2. The van der Waals surface area contributed by atoms with E-state index >= 15 is 0 Å². The molecule has 3 heteroatoms. The highest BCUT2D eigenvalue weighted by atomic mass is 16.6. The highest BCUT2D eigenvalue weighted by Gasteiger charge is 2.34. The van der Waals surface area contributed by atoms with Gasteiger partial charge in [0.15, 0.2) is 0 Å². The summed E-state index contributed by atoms with van der Waals surface area (Å²) in [5, 5.41) is 2.69. The average Bonchev–Trinajstić information content (AvgIpc) is 2.41. The Hall–Kier alpha value is -0.730. The Morgan fingerprint density at radius 1 is 1.46 bits per heavy atom. The number of carbonyl (C=O) groups is 1. The van der Waals surface area contributed by atoms with Gasteiger partial charge in [0.25, 0.3) is 0 Å². The lowest BCUT2D eigenvalue weighted by Crippen LogP contribution is -2.28. The summed E-state index contributed by atoms with van der Waals surface area (Å²) in [6.45, 7) is 4.85. The minimum Gasteiger partial charge on any atom is -0.441 e. The molecule has 1 aliphatic heterocycles. The van der Waals surface area contributed by atoms with Crippen LogP contribution in [0.3, 0.4) is 0 Å². The summed E-state index contributed by atoms with van der Waals surface area (Å²) >= 11 is 0. The molecule has 0 spiro atoms. The number of ether oxygens (including phenoxy) is 1. The molecule has 0 aromatic heterocycles. The lowest BCUT2D eigenvalue weighted by atomic mass is 9.98. The molecule has 3 nitrogen and oxygen atoms in total. The second-order valence-electron chi connectivity index (χ2n) is 4.00. The first-order valence-corrected chi connectivity index (χ1v) is 5.13. The molecule has 0 radical (unpaired) electrons. The van der Waals surface area contributed by atoms with Crippen molar-refractivity contribution in [2.75, 3.05) is 6.54 Å². The third kappa shape index (κ3) is 3.25. The van der Waals surface area contributed by atoms with Gasteiger partial charge < -0.3 is 10.1 Å². The van der Waals surface area contributed by atoms with Crippen molar-refractivity contribution in [1.82, 2.24) is 5.32 Å². The van der Waals surface area contributed by atoms with Gasteiger partial charge in [-0.1, -0.05) is 26.2 Å². The van der Waals surface area contributed by atoms with Gasteiger partial charge in [0.05, 0.1) is 6.54 Å². The topological polar surface area (TPSA) is 38.3 Å². The first-order valence-electron chi connectivity index (χ1n) is 5.13. The zero-order valence-electron chi connectivity index (χ0n) is 8.56. The van der Waals surface area contributed by atoms with Crippen LogP contribution in [0.15, 0.2) is 0 Å². The fourth-order valence-corrected chi connectivity index (χ4v) is 1.62. The molecule has 76 valence electrons. The monoisotopic (exact) mass is 185 g/mol. The van der Waals surface area contributed by atoms with Crippen molar-refractivity contribution < 1.29 is 9.53 Å². The van der Waals surface area contributed by atoms with Gasteiger partial charge in [-0.3, -0.25) is 0 Å². The maximum Gasteiger partial charge on any atom is 0.407 e. The molecule has 1 amide bonds. The fraction of sp³-hybridized carbons (Fsp3) is 0.900. The molecule has 1 heterocycles. The van der Waals surface area contributed by atoms with Gasteiger partial charge in [-0.05, 0) is 19.8 Å². The summed E-state index contributed by atoms with van der Waals surface area (Å²) in [5.41, 5.74) is -0.245. The maximum absolute atomic E-state index is 10.8. The molecule has 0 aromatic carbocycles. The van der Waals surface area contributed by atoms with Crippen LogP contribution in [0.5, 0.6) is 0 Å². The van der Waals surface area contributed by atoms with Crippen LogP contribution in [-0.2, 0) is 4.74 Å². The lowest BCUT2D eigenvalue weighted by molar-refractivity contribution is 0.0629. The predicted octanol–water partition coefficient (Wildman–Crippen LogP) is 2.46. The van der Waals surface area contributed by atoms with E-state index in [4.69, 9.17) is 4.74 Å². The third-order valence-corrected chi connectivity index (χ3v) is 2.50. The minimum absolute atomic E-state index is 0.245. The first kappa shape index (κ1) is 10.4. The lowest BCUT2D eigenvalue weighted by Gasteiger charge is -2.20. The average molecular weight is 185 g/mol. The number of hydrogen-bond donors (Lipinski definition) is 1. The normalized spacial score (nSPS) is 27.1. The van der Waals surface area contributed by atoms with Gasteiger partial charge in [0.2, 0.25) is 0 Å². The van der Waals surface area contributed by atoms with Crippen molar-refractivity contribution in [3.63, 3.8) is 0 Å². The van der Waals surface area contributed by atoms with E-state index in [1.54, 1.807) is 0 Å². The van der Waals surface area contributed by atoms with Crippen LogP contribution in [0.1, 0.15) is 46.0 Å². The molecule has 0 aromatic rings. The Bertz CT molecular complexity index is 182. The predicted molar refractivity (Wildman–Crippen MR) is 51.6 cm³/mol. The van der Waals surface area contributed by atoms with E-state index in [1.165, 1.54) is 19.3 Å². The molecule has 1 saturated heterocycles. The molecule has 1 atom stereocenters. The van der Waals surface area contributed by atoms with E-state index < -0.39 is 0 Å². The van der Waals surface area contributed by atoms with Crippen molar-refractivity contribution in [2.24, 2.45) is 0 Å². The van der Waals surface area contributed by atoms with Crippen LogP contribution in [0.25, 0.3) is 0 Å². The second kappa shape index (κ2) is 4.49. The van der Waals surface area contributed by atoms with Crippen LogP contribution < -0.4 is 5.32 Å². The Kier molecular flexibility index (Phi) is 3.58. The molecule has 1 aliphatic rings. The molecule has 1 N–H and O–H groups in total. The van der Waals surface area contributed by atoms with E-state index in [0.717, 1.165) is 12.8 Å². The second-order valence-corrected chi connectivity index (χ2v) is 4.00. The highest BCUT2D eigenvalue weighted by molar-refractivity contribution is 5.70. The molecule has 0 bridgehead atoms. The number of cyclic esters (lactones) is 1. The number of alkyl carbamates (subject to hydrolysis) is 1. The fourth-order valence-electron chi connectivity index (χ4n) is 1.62. The standard InChI is InChI=1S/C10H19NO2/c1-3-4-5-6-7-10(2)8-11-9(12)13-10/h3-8H2,1-2H3,(H,11,12). The van der Waals surface area contributed by atoms with Gasteiger partial charge in [-0.25, -0.2) is 4.79 Å². The van der Waals surface area contributed by atoms with E-state index in [2.05, 4.69) is 12.2 Å². The Morgan fingerprint density at radius 3 is 2.77 bits per heavy atom. The Balaban J connectivity index is 2.16. The number of rotatable bonds is 5. The minimum atomic E-state index is -0.266. The van der Waals surface area contributed by atoms with Crippen LogP contribution in [0.2, 0.25) is 0 Å². The van der Waals surface area contributed by atoms with Gasteiger partial charge in [-0.2, -0.15) is 0 Å². The van der Waals surface area contributed by atoms with Gasteiger partial charge in [-0.15, -0.1) is 0 Å². The van der Waals surface area contributed by atoms with E-state index in [1.807, 2.05) is 6.92 Å². The van der Waals surface area contributed by atoms with Gasteiger partial charge in [0, 0.05) is 0 Å². The molecular formula is C10H19NO2. The molecule has 0 saturated carbocycles. The molecule has 1 unspecified atom stereocenters. The first-order chi connectivity index (χ1) is 6.16. The van der Waals surface area contributed by atoms with Crippen LogP contribution in [-0.4, -0.2) is 18.2 Å². The summed E-state index contributed by atoms with van der Waals surface area (Å²) in [4.78, 5) is 10.8. The van der Waals surface area contributed by atoms with E-state index in [-0.39, 0.29) is 11.7 Å². The molecular weight excluding hydrogens is 166 g/mol. The number of unbranched alkanes of at least 4 members (excludes halogenated alkanes) is 3. The summed E-state index contributed by atoms with van der Waals surface area (Å²) in [6, 6.07) is 0. The molecule has 1 fully saturated rings. The van der Waals surface area contributed by atoms with Gasteiger partial charge >= 0.3 is 6.09 Å². The van der Waals surface area contributed by atoms with Crippen molar-refractivity contribution in [1.29, 1.82) is 0 Å². The van der Waals surface area contributed by atoms with Crippen LogP contribution in [0, 0.1) is 0 Å². The molecule has 0 aliphatic carbocycles. The van der Waals surface area contributed by atoms with Crippen LogP contribution in [0.4, 0.5) is 4.79 Å². The van der Waals surface area contributed by atoms with Crippen molar-refractivity contribution in [3.8, 4) is 0 Å². The van der Waals surface area contributed by atoms with E-state index in [0.29, 0.717) is 6.54 Å². The summed E-state index contributed by atoms with van der Waals surface area (Å²) in [5.74, 6) is 0.